The fraction of sp³-hybridized carbons (Fsp3) is 0. The molecule has 18 heavy (non-hydrogen) atoms. The van der Waals surface area contributed by atoms with Crippen LogP contribution in [0.1, 0.15) is 15.9 Å². The van der Waals surface area contributed by atoms with Gasteiger partial charge in [0.05, 0.1) is 11.3 Å². The summed E-state index contributed by atoms with van der Waals surface area (Å²) in [4.78, 5) is 12.0. The van der Waals surface area contributed by atoms with Crippen LogP contribution in [0.5, 0.6) is 0 Å². The first kappa shape index (κ1) is 12.9. The Morgan fingerprint density at radius 2 is 1.67 bits per heavy atom. The minimum atomic E-state index is -0.912. The molecule has 0 aliphatic rings. The Balaban J connectivity index is 2.46. The molecule has 0 amide bonds. The predicted octanol–water partition coefficient (Wildman–Crippen LogP) is 3.38. The first-order valence-corrected chi connectivity index (χ1v) is 6.11. The molecule has 0 aliphatic carbocycles. The lowest BCUT2D eigenvalue weighted by atomic mass is 10.0. The highest BCUT2D eigenvalue weighted by molar-refractivity contribution is 14.1. The fourth-order valence-electron chi connectivity index (χ4n) is 1.50. The van der Waals surface area contributed by atoms with Crippen LogP contribution in [0, 0.1) is 15.2 Å². The molecule has 0 unspecified atom stereocenters. The third kappa shape index (κ3) is 2.50. The third-order valence-corrected chi connectivity index (χ3v) is 3.16. The van der Waals surface area contributed by atoms with Gasteiger partial charge in [-0.05, 0) is 52.9 Å². The Hall–Kier alpha value is -1.50. The molecule has 0 saturated heterocycles. The van der Waals surface area contributed by atoms with Crippen molar-refractivity contribution in [2.75, 3.05) is 5.73 Å². The summed E-state index contributed by atoms with van der Waals surface area (Å²) in [5, 5.41) is 0. The lowest BCUT2D eigenvalue weighted by molar-refractivity contribution is 0.103. The van der Waals surface area contributed by atoms with Crippen molar-refractivity contribution >= 4 is 34.1 Å². The van der Waals surface area contributed by atoms with Crippen LogP contribution in [-0.4, -0.2) is 5.78 Å². The van der Waals surface area contributed by atoms with E-state index in [9.17, 15) is 13.6 Å². The van der Waals surface area contributed by atoms with Gasteiger partial charge in [0.1, 0.15) is 11.6 Å². The molecular weight excluding hydrogens is 351 g/mol. The van der Waals surface area contributed by atoms with Crippen LogP contribution in [0.3, 0.4) is 0 Å². The van der Waals surface area contributed by atoms with Gasteiger partial charge >= 0.3 is 0 Å². The topological polar surface area (TPSA) is 43.1 Å². The first-order chi connectivity index (χ1) is 8.49. The van der Waals surface area contributed by atoms with E-state index in [0.717, 1.165) is 9.64 Å². The standard InChI is InChI=1S/C13H8F2INO/c14-10-6-11(15)12(17)5-9(10)13(18)7-1-3-8(16)4-2-7/h1-6H,17H2. The van der Waals surface area contributed by atoms with Gasteiger partial charge in [0.25, 0.3) is 0 Å². The first-order valence-electron chi connectivity index (χ1n) is 5.04. The van der Waals surface area contributed by atoms with Crippen LogP contribution in [-0.2, 0) is 0 Å². The van der Waals surface area contributed by atoms with Crippen LogP contribution in [0.15, 0.2) is 36.4 Å². The van der Waals surface area contributed by atoms with Crippen LogP contribution < -0.4 is 5.73 Å². The average Bonchev–Trinajstić information content (AvgIpc) is 2.34. The van der Waals surface area contributed by atoms with Crippen molar-refractivity contribution in [1.29, 1.82) is 0 Å². The summed E-state index contributed by atoms with van der Waals surface area (Å²) in [5.74, 6) is -2.30. The number of rotatable bonds is 2. The highest BCUT2D eigenvalue weighted by atomic mass is 127. The number of nitrogens with two attached hydrogens (primary N) is 1. The minimum Gasteiger partial charge on any atom is -0.396 e. The Morgan fingerprint density at radius 1 is 1.06 bits per heavy atom. The quantitative estimate of drug-likeness (QED) is 0.508. The molecule has 0 radical (unpaired) electrons. The van der Waals surface area contributed by atoms with Crippen molar-refractivity contribution in [3.8, 4) is 0 Å². The molecule has 2 N–H and O–H groups in total. The fourth-order valence-corrected chi connectivity index (χ4v) is 1.86. The molecule has 0 heterocycles. The second-order valence-corrected chi connectivity index (χ2v) is 4.94. The van der Waals surface area contributed by atoms with E-state index >= 15 is 0 Å². The molecule has 0 atom stereocenters. The summed E-state index contributed by atoms with van der Waals surface area (Å²) in [6, 6.07) is 8.28. The average molecular weight is 359 g/mol. The highest BCUT2D eigenvalue weighted by Crippen LogP contribution is 2.20. The molecule has 2 rings (SSSR count). The lowest BCUT2D eigenvalue weighted by Crippen LogP contribution is -2.06. The van der Waals surface area contributed by atoms with Crippen molar-refractivity contribution in [3.05, 3.63) is 62.7 Å². The molecule has 2 nitrogen and oxygen atoms in total. The van der Waals surface area contributed by atoms with Crippen molar-refractivity contribution in [3.63, 3.8) is 0 Å². The van der Waals surface area contributed by atoms with Crippen molar-refractivity contribution in [2.24, 2.45) is 0 Å². The number of ketones is 1. The van der Waals surface area contributed by atoms with Crippen LogP contribution in [0.25, 0.3) is 0 Å². The number of anilines is 1. The minimum absolute atomic E-state index is 0.227. The van der Waals surface area contributed by atoms with E-state index in [0.29, 0.717) is 11.6 Å². The van der Waals surface area contributed by atoms with Gasteiger partial charge in [-0.15, -0.1) is 0 Å². The molecule has 2 aromatic carbocycles. The number of benzene rings is 2. The van der Waals surface area contributed by atoms with Gasteiger partial charge in [-0.2, -0.15) is 0 Å². The summed E-state index contributed by atoms with van der Waals surface area (Å²) in [5.41, 5.74) is 5.20. The Kier molecular flexibility index (Phi) is 3.60. The number of carbonyl (C=O) groups is 1. The number of halogens is 3. The number of nitrogen functional groups attached to an aromatic ring is 1. The molecule has 0 spiro atoms. The van der Waals surface area contributed by atoms with Crippen LogP contribution in [0.2, 0.25) is 0 Å². The molecule has 0 aliphatic heterocycles. The SMILES string of the molecule is Nc1cc(C(=O)c2ccc(I)cc2)c(F)cc1F. The van der Waals surface area contributed by atoms with Crippen molar-refractivity contribution in [2.45, 2.75) is 0 Å². The molecule has 5 heteroatoms. The zero-order chi connectivity index (χ0) is 13.3. The van der Waals surface area contributed by atoms with E-state index < -0.39 is 17.4 Å². The Labute approximate surface area is 116 Å². The maximum Gasteiger partial charge on any atom is 0.196 e. The summed E-state index contributed by atoms with van der Waals surface area (Å²) >= 11 is 2.10. The molecule has 0 fully saturated rings. The second-order valence-electron chi connectivity index (χ2n) is 3.69. The molecule has 2 aromatic rings. The molecule has 92 valence electrons. The summed E-state index contributed by atoms with van der Waals surface area (Å²) in [6.07, 6.45) is 0. The van der Waals surface area contributed by atoms with Crippen molar-refractivity contribution < 1.29 is 13.6 Å². The van der Waals surface area contributed by atoms with E-state index in [1.165, 1.54) is 0 Å². The van der Waals surface area contributed by atoms with E-state index in [1.807, 2.05) is 0 Å². The van der Waals surface area contributed by atoms with Crippen molar-refractivity contribution in [1.82, 2.24) is 0 Å². The second kappa shape index (κ2) is 5.01. The van der Waals surface area contributed by atoms with Gasteiger partial charge in [0.2, 0.25) is 0 Å². The monoisotopic (exact) mass is 359 g/mol. The lowest BCUT2D eigenvalue weighted by Gasteiger charge is -2.05. The molecule has 0 saturated carbocycles. The van der Waals surface area contributed by atoms with Gasteiger partial charge in [0, 0.05) is 15.2 Å². The predicted molar refractivity (Wildman–Crippen MR) is 73.4 cm³/mol. The van der Waals surface area contributed by atoms with Gasteiger partial charge in [-0.3, -0.25) is 4.79 Å². The Morgan fingerprint density at radius 3 is 2.28 bits per heavy atom. The maximum atomic E-state index is 13.5. The number of hydrogen-bond acceptors (Lipinski definition) is 2. The number of hydrogen-bond donors (Lipinski definition) is 1. The van der Waals surface area contributed by atoms with Crippen LogP contribution in [0.4, 0.5) is 14.5 Å². The van der Waals surface area contributed by atoms with E-state index in [1.54, 1.807) is 24.3 Å². The van der Waals surface area contributed by atoms with Gasteiger partial charge in [-0.25, -0.2) is 8.78 Å². The smallest absolute Gasteiger partial charge is 0.196 e. The highest BCUT2D eigenvalue weighted by Gasteiger charge is 2.16. The number of carbonyl (C=O) groups excluding carboxylic acids is 1. The van der Waals surface area contributed by atoms with E-state index in [-0.39, 0.29) is 11.3 Å². The normalized spacial score (nSPS) is 10.4. The third-order valence-electron chi connectivity index (χ3n) is 2.44. The maximum absolute atomic E-state index is 13.5. The molecular formula is C13H8F2INO. The zero-order valence-corrected chi connectivity index (χ0v) is 11.2. The summed E-state index contributed by atoms with van der Waals surface area (Å²) in [7, 11) is 0. The Bertz CT molecular complexity index is 611. The summed E-state index contributed by atoms with van der Waals surface area (Å²) < 4.78 is 27.5. The van der Waals surface area contributed by atoms with Gasteiger partial charge in [0.15, 0.2) is 5.78 Å². The molecule has 0 aromatic heterocycles. The van der Waals surface area contributed by atoms with E-state index in [4.69, 9.17) is 5.73 Å². The largest absolute Gasteiger partial charge is 0.396 e. The van der Waals surface area contributed by atoms with E-state index in [2.05, 4.69) is 22.6 Å². The van der Waals surface area contributed by atoms with Gasteiger partial charge < -0.3 is 5.73 Å². The molecule has 0 bridgehead atoms. The van der Waals surface area contributed by atoms with Gasteiger partial charge in [-0.1, -0.05) is 0 Å². The van der Waals surface area contributed by atoms with Crippen LogP contribution >= 0.6 is 22.6 Å². The summed E-state index contributed by atoms with van der Waals surface area (Å²) in [6.45, 7) is 0. The zero-order valence-electron chi connectivity index (χ0n) is 9.08.